The molecule has 0 radical (unpaired) electrons. The van der Waals surface area contributed by atoms with Crippen LogP contribution >= 0.6 is 0 Å². The number of anilines is 1. The second kappa shape index (κ2) is 7.99. The molecule has 1 aromatic rings. The van der Waals surface area contributed by atoms with Crippen LogP contribution in [-0.2, 0) is 14.3 Å². The van der Waals surface area contributed by atoms with Crippen LogP contribution in [0.1, 0.15) is 55.8 Å². The SMILES string of the molecule is CCOC(=O)c1ccc(N2C(=O)C[C@H]([NH+](C)C3CCCCC3)C2=O)cc1. The summed E-state index contributed by atoms with van der Waals surface area (Å²) in [6.07, 6.45) is 6.17. The van der Waals surface area contributed by atoms with Crippen molar-refractivity contribution in [1.82, 2.24) is 0 Å². The summed E-state index contributed by atoms with van der Waals surface area (Å²) in [5, 5.41) is 0. The molecular weight excluding hydrogens is 332 g/mol. The first kappa shape index (κ1) is 18.6. The van der Waals surface area contributed by atoms with Gasteiger partial charge in [-0.25, -0.2) is 9.69 Å². The van der Waals surface area contributed by atoms with E-state index in [-0.39, 0.29) is 24.3 Å². The molecule has 140 valence electrons. The molecule has 1 aliphatic heterocycles. The van der Waals surface area contributed by atoms with Gasteiger partial charge < -0.3 is 9.64 Å². The molecule has 1 aromatic carbocycles. The van der Waals surface area contributed by atoms with E-state index in [2.05, 4.69) is 0 Å². The zero-order valence-corrected chi connectivity index (χ0v) is 15.5. The number of nitrogens with zero attached hydrogens (tertiary/aromatic N) is 1. The van der Waals surface area contributed by atoms with Gasteiger partial charge in [0, 0.05) is 0 Å². The molecule has 3 rings (SSSR count). The standard InChI is InChI=1S/C20H26N2O4/c1-3-26-20(25)14-9-11-16(12-10-14)22-18(23)13-17(19(22)24)21(2)15-7-5-4-6-8-15/h9-12,15,17H,3-8,13H2,1-2H3/p+1/t17-/m0/s1. The third-order valence-corrected chi connectivity index (χ3v) is 5.58. The van der Waals surface area contributed by atoms with Crippen molar-refractivity contribution in [3.05, 3.63) is 29.8 Å². The van der Waals surface area contributed by atoms with Crippen LogP contribution in [-0.4, -0.2) is 43.5 Å². The molecule has 1 saturated carbocycles. The first-order chi connectivity index (χ1) is 12.5. The van der Waals surface area contributed by atoms with E-state index < -0.39 is 5.97 Å². The number of imide groups is 1. The number of hydrogen-bond donors (Lipinski definition) is 1. The van der Waals surface area contributed by atoms with Crippen LogP contribution < -0.4 is 9.80 Å². The van der Waals surface area contributed by atoms with Crippen molar-refractivity contribution >= 4 is 23.5 Å². The van der Waals surface area contributed by atoms with Crippen LogP contribution in [0.25, 0.3) is 0 Å². The van der Waals surface area contributed by atoms with Crippen LogP contribution in [0, 0.1) is 0 Å². The molecule has 2 atom stereocenters. The molecule has 6 nitrogen and oxygen atoms in total. The lowest BCUT2D eigenvalue weighted by atomic mass is 9.93. The highest BCUT2D eigenvalue weighted by molar-refractivity contribution is 6.21. The van der Waals surface area contributed by atoms with Gasteiger partial charge in [0.05, 0.1) is 37.4 Å². The Balaban J connectivity index is 1.73. The van der Waals surface area contributed by atoms with Crippen LogP contribution in [0.15, 0.2) is 24.3 Å². The fourth-order valence-electron chi connectivity index (χ4n) is 4.06. The predicted molar refractivity (Wildman–Crippen MR) is 97.1 cm³/mol. The lowest BCUT2D eigenvalue weighted by molar-refractivity contribution is -0.922. The number of carbonyl (C=O) groups excluding carboxylic acids is 3. The normalized spacial score (nSPS) is 22.5. The highest BCUT2D eigenvalue weighted by atomic mass is 16.5. The van der Waals surface area contributed by atoms with Gasteiger partial charge in [-0.1, -0.05) is 6.42 Å². The number of ether oxygens (including phenoxy) is 1. The monoisotopic (exact) mass is 359 g/mol. The summed E-state index contributed by atoms with van der Waals surface area (Å²) in [7, 11) is 2.04. The molecule has 1 saturated heterocycles. The maximum absolute atomic E-state index is 12.9. The molecule has 6 heteroatoms. The van der Waals surface area contributed by atoms with Crippen molar-refractivity contribution < 1.29 is 24.0 Å². The van der Waals surface area contributed by atoms with E-state index in [1.54, 1.807) is 31.2 Å². The number of benzene rings is 1. The molecule has 1 aliphatic carbocycles. The smallest absolute Gasteiger partial charge is 0.338 e. The van der Waals surface area contributed by atoms with Crippen LogP contribution in [0.4, 0.5) is 5.69 Å². The van der Waals surface area contributed by atoms with Gasteiger partial charge in [-0.15, -0.1) is 0 Å². The Bertz CT molecular complexity index is 680. The Morgan fingerprint density at radius 2 is 1.81 bits per heavy atom. The average Bonchev–Trinajstić information content (AvgIpc) is 2.96. The number of rotatable bonds is 5. The summed E-state index contributed by atoms with van der Waals surface area (Å²) < 4.78 is 4.96. The zero-order chi connectivity index (χ0) is 18.7. The fraction of sp³-hybridized carbons (Fsp3) is 0.550. The number of amides is 2. The van der Waals surface area contributed by atoms with E-state index in [1.165, 1.54) is 24.2 Å². The Labute approximate surface area is 154 Å². The number of nitrogens with one attached hydrogen (secondary N) is 1. The number of quaternary nitrogens is 1. The van der Waals surface area contributed by atoms with Crippen LogP contribution in [0.2, 0.25) is 0 Å². The Morgan fingerprint density at radius 1 is 1.15 bits per heavy atom. The van der Waals surface area contributed by atoms with Gasteiger partial charge in [0.25, 0.3) is 5.91 Å². The summed E-state index contributed by atoms with van der Waals surface area (Å²) in [6, 6.07) is 6.62. The minimum Gasteiger partial charge on any atom is -0.462 e. The molecule has 0 bridgehead atoms. The molecule has 1 N–H and O–H groups in total. The minimum atomic E-state index is -0.405. The quantitative estimate of drug-likeness (QED) is 0.636. The predicted octanol–water partition coefficient (Wildman–Crippen LogP) is 1.34. The number of carbonyl (C=O) groups is 3. The van der Waals surface area contributed by atoms with Gasteiger partial charge in [-0.05, 0) is 56.9 Å². The van der Waals surface area contributed by atoms with Gasteiger partial charge in [-0.2, -0.15) is 0 Å². The number of esters is 1. The minimum absolute atomic E-state index is 0.137. The van der Waals surface area contributed by atoms with Crippen LogP contribution in [0.3, 0.4) is 0 Å². The molecule has 0 aromatic heterocycles. The van der Waals surface area contributed by atoms with Gasteiger partial charge in [0.1, 0.15) is 0 Å². The van der Waals surface area contributed by atoms with Gasteiger partial charge in [0.15, 0.2) is 6.04 Å². The summed E-state index contributed by atoms with van der Waals surface area (Å²) in [5.41, 5.74) is 0.934. The average molecular weight is 359 g/mol. The second-order valence-electron chi connectivity index (χ2n) is 7.17. The number of likely N-dealkylation sites (N-methyl/N-ethyl adjacent to an activating group) is 1. The molecule has 26 heavy (non-hydrogen) atoms. The maximum Gasteiger partial charge on any atom is 0.338 e. The third kappa shape index (κ3) is 3.65. The summed E-state index contributed by atoms with van der Waals surface area (Å²) >= 11 is 0. The largest absolute Gasteiger partial charge is 0.462 e. The topological polar surface area (TPSA) is 68.1 Å². The lowest BCUT2D eigenvalue weighted by Crippen LogP contribution is -3.17. The number of hydrogen-bond acceptors (Lipinski definition) is 4. The van der Waals surface area contributed by atoms with Gasteiger partial charge >= 0.3 is 5.97 Å². The zero-order valence-electron chi connectivity index (χ0n) is 15.5. The molecule has 2 amide bonds. The molecule has 1 unspecified atom stereocenters. The van der Waals surface area contributed by atoms with Crippen molar-refractivity contribution in [3.63, 3.8) is 0 Å². The van der Waals surface area contributed by atoms with Crippen molar-refractivity contribution in [2.45, 2.75) is 57.5 Å². The summed E-state index contributed by atoms with van der Waals surface area (Å²) in [6.45, 7) is 2.06. The maximum atomic E-state index is 12.9. The molecule has 2 fully saturated rings. The van der Waals surface area contributed by atoms with E-state index in [0.29, 0.717) is 23.9 Å². The van der Waals surface area contributed by atoms with Crippen molar-refractivity contribution in [3.8, 4) is 0 Å². The van der Waals surface area contributed by atoms with E-state index in [0.717, 1.165) is 17.7 Å². The molecular formula is C20H27N2O4+. The Morgan fingerprint density at radius 3 is 2.42 bits per heavy atom. The van der Waals surface area contributed by atoms with E-state index in [4.69, 9.17) is 4.74 Å². The van der Waals surface area contributed by atoms with Crippen molar-refractivity contribution in [2.24, 2.45) is 0 Å². The summed E-state index contributed by atoms with van der Waals surface area (Å²) in [5.74, 6) is -0.710. The van der Waals surface area contributed by atoms with Crippen molar-refractivity contribution in [2.75, 3.05) is 18.6 Å². The molecule has 2 aliphatic rings. The molecule has 1 heterocycles. The second-order valence-corrected chi connectivity index (χ2v) is 7.17. The lowest BCUT2D eigenvalue weighted by Gasteiger charge is -2.31. The van der Waals surface area contributed by atoms with Gasteiger partial charge in [0.2, 0.25) is 5.91 Å². The van der Waals surface area contributed by atoms with Gasteiger partial charge in [-0.3, -0.25) is 9.59 Å². The highest BCUT2D eigenvalue weighted by Crippen LogP contribution is 2.24. The fourth-order valence-corrected chi connectivity index (χ4v) is 4.06. The first-order valence-corrected chi connectivity index (χ1v) is 9.50. The van der Waals surface area contributed by atoms with E-state index in [1.807, 2.05) is 7.05 Å². The molecule has 0 spiro atoms. The van der Waals surface area contributed by atoms with E-state index >= 15 is 0 Å². The Hall–Kier alpha value is -2.21. The Kier molecular flexibility index (Phi) is 5.71. The van der Waals surface area contributed by atoms with E-state index in [9.17, 15) is 14.4 Å². The third-order valence-electron chi connectivity index (χ3n) is 5.58. The van der Waals surface area contributed by atoms with Crippen molar-refractivity contribution in [1.29, 1.82) is 0 Å². The first-order valence-electron chi connectivity index (χ1n) is 9.50. The van der Waals surface area contributed by atoms with Crippen LogP contribution in [0.5, 0.6) is 0 Å². The highest BCUT2D eigenvalue weighted by Gasteiger charge is 2.46. The summed E-state index contributed by atoms with van der Waals surface area (Å²) in [4.78, 5) is 39.6.